The number of rotatable bonds is 10. The molecule has 0 fully saturated rings. The van der Waals surface area contributed by atoms with Gasteiger partial charge in [-0.1, -0.05) is 30.3 Å². The first-order valence-corrected chi connectivity index (χ1v) is 12.5. The van der Waals surface area contributed by atoms with Gasteiger partial charge in [-0.25, -0.2) is 13.2 Å². The highest BCUT2D eigenvalue weighted by Gasteiger charge is 2.23. The molecule has 1 N–H and O–H groups in total. The Morgan fingerprint density at radius 2 is 1.56 bits per heavy atom. The monoisotopic (exact) mass is 546 g/mol. The number of ether oxygens (including phenoxy) is 2. The maximum atomic E-state index is 12.9. The third-order valence-corrected chi connectivity index (χ3v) is 7.22. The number of carbonyl (C=O) groups is 2. The number of esters is 1. The standard InChI is InChI=1S/C24H23BrN2O6S/c1-2-27(34(30,31)20-8-4-3-5-9-20)18-12-14-19(15-13-18)32-17-24(29)33-16-23(28)26-22-11-7-6-10-21(22)25/h3-15H,2,16-17H2,1H3,(H,26,28). The maximum absolute atomic E-state index is 12.9. The summed E-state index contributed by atoms with van der Waals surface area (Å²) in [5.74, 6) is -0.844. The summed E-state index contributed by atoms with van der Waals surface area (Å²) in [6.07, 6.45) is 0. The highest BCUT2D eigenvalue weighted by atomic mass is 79.9. The summed E-state index contributed by atoms with van der Waals surface area (Å²) in [4.78, 5) is 24.1. The van der Waals surface area contributed by atoms with E-state index in [1.54, 1.807) is 79.7 Å². The van der Waals surface area contributed by atoms with Crippen molar-refractivity contribution in [3.63, 3.8) is 0 Å². The lowest BCUT2D eigenvalue weighted by molar-refractivity contribution is -0.149. The zero-order valence-corrected chi connectivity index (χ0v) is 20.7. The van der Waals surface area contributed by atoms with E-state index in [0.29, 0.717) is 21.6 Å². The van der Waals surface area contributed by atoms with Gasteiger partial charge in [0.1, 0.15) is 5.75 Å². The molecule has 0 aliphatic heterocycles. The average Bonchev–Trinajstić information content (AvgIpc) is 2.84. The number of nitrogens with zero attached hydrogens (tertiary/aromatic N) is 1. The van der Waals surface area contributed by atoms with Crippen molar-refractivity contribution >= 4 is 49.2 Å². The fourth-order valence-electron chi connectivity index (χ4n) is 3.00. The normalized spacial score (nSPS) is 10.9. The van der Waals surface area contributed by atoms with Gasteiger partial charge in [0.2, 0.25) is 0 Å². The van der Waals surface area contributed by atoms with E-state index in [2.05, 4.69) is 21.2 Å². The molecule has 0 aliphatic carbocycles. The third-order valence-electron chi connectivity index (χ3n) is 4.61. The lowest BCUT2D eigenvalue weighted by Gasteiger charge is -2.23. The van der Waals surface area contributed by atoms with Gasteiger partial charge in [0.05, 0.1) is 16.3 Å². The van der Waals surface area contributed by atoms with Crippen LogP contribution < -0.4 is 14.4 Å². The van der Waals surface area contributed by atoms with E-state index < -0.39 is 35.1 Å². The molecule has 0 aromatic heterocycles. The van der Waals surface area contributed by atoms with Gasteiger partial charge in [-0.2, -0.15) is 0 Å². The summed E-state index contributed by atoms with van der Waals surface area (Å²) in [6.45, 7) is 1.13. The van der Waals surface area contributed by atoms with Crippen LogP contribution in [0.25, 0.3) is 0 Å². The highest BCUT2D eigenvalue weighted by molar-refractivity contribution is 9.10. The lowest BCUT2D eigenvalue weighted by Crippen LogP contribution is -2.30. The molecule has 0 unspecified atom stereocenters. The first kappa shape index (κ1) is 25.3. The van der Waals surface area contributed by atoms with Crippen molar-refractivity contribution in [2.24, 2.45) is 0 Å². The number of benzene rings is 3. The van der Waals surface area contributed by atoms with Crippen molar-refractivity contribution in [2.45, 2.75) is 11.8 Å². The van der Waals surface area contributed by atoms with E-state index in [4.69, 9.17) is 9.47 Å². The molecule has 10 heteroatoms. The van der Waals surface area contributed by atoms with Gasteiger partial charge < -0.3 is 14.8 Å². The van der Waals surface area contributed by atoms with E-state index in [0.717, 1.165) is 0 Å². The predicted octanol–water partition coefficient (Wildman–Crippen LogP) is 4.23. The molecule has 0 atom stereocenters. The van der Waals surface area contributed by atoms with Crippen LogP contribution in [0.5, 0.6) is 5.75 Å². The number of anilines is 2. The van der Waals surface area contributed by atoms with Crippen LogP contribution >= 0.6 is 15.9 Å². The van der Waals surface area contributed by atoms with Gasteiger partial charge in [-0.05, 0) is 71.4 Å². The first-order valence-electron chi connectivity index (χ1n) is 10.3. The Balaban J connectivity index is 1.52. The van der Waals surface area contributed by atoms with Crippen molar-refractivity contribution < 1.29 is 27.5 Å². The Morgan fingerprint density at radius 3 is 2.21 bits per heavy atom. The van der Waals surface area contributed by atoms with Crippen molar-refractivity contribution in [3.05, 3.63) is 83.3 Å². The molecule has 3 aromatic rings. The Hall–Kier alpha value is -3.37. The molecule has 3 aromatic carbocycles. The van der Waals surface area contributed by atoms with Gasteiger partial charge in [0, 0.05) is 11.0 Å². The highest BCUT2D eigenvalue weighted by Crippen LogP contribution is 2.25. The van der Waals surface area contributed by atoms with E-state index in [1.165, 1.54) is 4.31 Å². The Kier molecular flexibility index (Phi) is 8.67. The predicted molar refractivity (Wildman–Crippen MR) is 132 cm³/mol. The van der Waals surface area contributed by atoms with Gasteiger partial charge in [0.15, 0.2) is 13.2 Å². The second-order valence-corrected chi connectivity index (χ2v) is 9.67. The smallest absolute Gasteiger partial charge is 0.344 e. The van der Waals surface area contributed by atoms with Gasteiger partial charge in [-0.15, -0.1) is 0 Å². The number of carbonyl (C=O) groups excluding carboxylic acids is 2. The van der Waals surface area contributed by atoms with Crippen molar-refractivity contribution in [1.82, 2.24) is 0 Å². The second-order valence-electron chi connectivity index (χ2n) is 6.95. The van der Waals surface area contributed by atoms with Gasteiger partial charge >= 0.3 is 5.97 Å². The molecular formula is C24H23BrN2O6S. The Labute approximate surface area is 206 Å². The van der Waals surface area contributed by atoms with E-state index >= 15 is 0 Å². The molecule has 0 heterocycles. The van der Waals surface area contributed by atoms with Crippen LogP contribution in [-0.2, 0) is 24.3 Å². The zero-order valence-electron chi connectivity index (χ0n) is 18.3. The topological polar surface area (TPSA) is 102 Å². The molecular weight excluding hydrogens is 524 g/mol. The van der Waals surface area contributed by atoms with Crippen LogP contribution in [0, 0.1) is 0 Å². The molecule has 3 rings (SSSR count). The van der Waals surface area contributed by atoms with Crippen LogP contribution in [0.3, 0.4) is 0 Å². The molecule has 8 nitrogen and oxygen atoms in total. The minimum atomic E-state index is -3.71. The number of nitrogens with one attached hydrogen (secondary N) is 1. The number of halogens is 1. The van der Waals surface area contributed by atoms with Crippen molar-refractivity contribution in [1.29, 1.82) is 0 Å². The van der Waals surface area contributed by atoms with Gasteiger partial charge in [0.25, 0.3) is 15.9 Å². The summed E-state index contributed by atoms with van der Waals surface area (Å²) in [5.41, 5.74) is 1.03. The van der Waals surface area contributed by atoms with Crippen LogP contribution in [0.15, 0.2) is 88.2 Å². The van der Waals surface area contributed by atoms with Crippen LogP contribution in [-0.4, -0.2) is 40.1 Å². The molecule has 0 spiro atoms. The number of para-hydroxylation sites is 1. The third kappa shape index (κ3) is 6.58. The second kappa shape index (κ2) is 11.7. The van der Waals surface area contributed by atoms with Crippen molar-refractivity contribution in [3.8, 4) is 5.75 Å². The Bertz CT molecular complexity index is 1230. The number of amides is 1. The number of sulfonamides is 1. The maximum Gasteiger partial charge on any atom is 0.344 e. The minimum Gasteiger partial charge on any atom is -0.482 e. The van der Waals surface area contributed by atoms with E-state index in [1.807, 2.05) is 6.07 Å². The van der Waals surface area contributed by atoms with E-state index in [9.17, 15) is 18.0 Å². The fraction of sp³-hybridized carbons (Fsp3) is 0.167. The minimum absolute atomic E-state index is 0.198. The molecule has 34 heavy (non-hydrogen) atoms. The number of hydrogen-bond acceptors (Lipinski definition) is 6. The van der Waals surface area contributed by atoms with E-state index in [-0.39, 0.29) is 11.4 Å². The van der Waals surface area contributed by atoms with Crippen LogP contribution in [0.4, 0.5) is 11.4 Å². The van der Waals surface area contributed by atoms with Gasteiger partial charge in [-0.3, -0.25) is 9.10 Å². The fourth-order valence-corrected chi connectivity index (χ4v) is 4.88. The first-order chi connectivity index (χ1) is 16.3. The largest absolute Gasteiger partial charge is 0.482 e. The van der Waals surface area contributed by atoms with Crippen LogP contribution in [0.1, 0.15) is 6.92 Å². The van der Waals surface area contributed by atoms with Crippen molar-refractivity contribution in [2.75, 3.05) is 29.4 Å². The molecule has 178 valence electrons. The number of hydrogen-bond donors (Lipinski definition) is 1. The molecule has 0 aliphatic rings. The zero-order chi connectivity index (χ0) is 24.6. The average molecular weight is 547 g/mol. The Morgan fingerprint density at radius 1 is 0.912 bits per heavy atom. The summed E-state index contributed by atoms with van der Waals surface area (Å²) >= 11 is 3.32. The molecule has 0 saturated carbocycles. The molecule has 1 amide bonds. The summed E-state index contributed by atoms with van der Waals surface area (Å²) in [7, 11) is -3.71. The summed E-state index contributed by atoms with van der Waals surface area (Å²) < 4.78 is 38.2. The molecule has 0 radical (unpaired) electrons. The quantitative estimate of drug-likeness (QED) is 0.382. The van der Waals surface area contributed by atoms with Crippen LogP contribution in [0.2, 0.25) is 0 Å². The summed E-state index contributed by atoms with van der Waals surface area (Å²) in [6, 6.07) is 21.5. The molecule has 0 bridgehead atoms. The summed E-state index contributed by atoms with van der Waals surface area (Å²) in [5, 5.41) is 2.63. The SMILES string of the molecule is CCN(c1ccc(OCC(=O)OCC(=O)Nc2ccccc2Br)cc1)S(=O)(=O)c1ccccc1. The lowest BCUT2D eigenvalue weighted by atomic mass is 10.3. The molecule has 0 saturated heterocycles.